The van der Waals surface area contributed by atoms with E-state index < -0.39 is 0 Å². The van der Waals surface area contributed by atoms with E-state index in [1.165, 1.54) is 5.56 Å². The van der Waals surface area contributed by atoms with E-state index in [1.54, 1.807) is 6.26 Å². The van der Waals surface area contributed by atoms with Gasteiger partial charge in [0.2, 0.25) is 0 Å². The minimum absolute atomic E-state index is 0.748. The second-order valence-electron chi connectivity index (χ2n) is 4.69. The van der Waals surface area contributed by atoms with Crippen LogP contribution >= 0.6 is 15.9 Å². The number of hydrogen-bond acceptors (Lipinski definition) is 3. The lowest BCUT2D eigenvalue weighted by atomic mass is 10.2. The van der Waals surface area contributed by atoms with Crippen LogP contribution in [0.1, 0.15) is 36.1 Å². The molecule has 0 aliphatic heterocycles. The standard InChI is InChI=1S/C14H20BrN3O/c1-4-6-16-8-13-12(5-7-19-13)9-18-11(3)14(15)10(2)17-18/h5,7,16H,4,6,8-9H2,1-3H3. The summed E-state index contributed by atoms with van der Waals surface area (Å²) in [4.78, 5) is 0. The normalized spacial score (nSPS) is 11.2. The number of nitrogens with zero attached hydrogens (tertiary/aromatic N) is 2. The lowest BCUT2D eigenvalue weighted by Crippen LogP contribution is -2.15. The predicted octanol–water partition coefficient (Wildman–Crippen LogP) is 3.40. The Kier molecular flexibility index (Phi) is 4.82. The van der Waals surface area contributed by atoms with E-state index in [1.807, 2.05) is 17.7 Å². The molecule has 0 atom stereocenters. The van der Waals surface area contributed by atoms with E-state index in [4.69, 9.17) is 4.42 Å². The molecule has 4 nitrogen and oxygen atoms in total. The Morgan fingerprint density at radius 1 is 1.42 bits per heavy atom. The minimum Gasteiger partial charge on any atom is -0.468 e. The largest absolute Gasteiger partial charge is 0.468 e. The lowest BCUT2D eigenvalue weighted by Gasteiger charge is -2.06. The Morgan fingerprint density at radius 3 is 2.84 bits per heavy atom. The molecule has 2 aromatic rings. The molecular weight excluding hydrogens is 306 g/mol. The molecule has 0 bridgehead atoms. The Bertz CT molecular complexity index is 545. The van der Waals surface area contributed by atoms with Crippen molar-refractivity contribution < 1.29 is 4.42 Å². The van der Waals surface area contributed by atoms with Crippen LogP contribution in [0.4, 0.5) is 0 Å². The molecule has 0 aliphatic rings. The number of aromatic nitrogens is 2. The van der Waals surface area contributed by atoms with E-state index >= 15 is 0 Å². The third kappa shape index (κ3) is 3.28. The van der Waals surface area contributed by atoms with Gasteiger partial charge in [0.05, 0.1) is 35.2 Å². The van der Waals surface area contributed by atoms with Gasteiger partial charge in [-0.25, -0.2) is 0 Å². The number of nitrogens with one attached hydrogen (secondary N) is 1. The quantitative estimate of drug-likeness (QED) is 0.828. The Balaban J connectivity index is 2.10. The van der Waals surface area contributed by atoms with Gasteiger partial charge in [0.1, 0.15) is 5.76 Å². The van der Waals surface area contributed by atoms with Crippen molar-refractivity contribution in [3.63, 3.8) is 0 Å². The van der Waals surface area contributed by atoms with Crippen molar-refractivity contribution in [1.82, 2.24) is 15.1 Å². The molecule has 0 spiro atoms. The number of halogens is 1. The summed E-state index contributed by atoms with van der Waals surface area (Å²) in [5.74, 6) is 0.997. The average molecular weight is 326 g/mol. The number of hydrogen-bond donors (Lipinski definition) is 1. The van der Waals surface area contributed by atoms with Gasteiger partial charge in [-0.15, -0.1) is 0 Å². The highest BCUT2D eigenvalue weighted by atomic mass is 79.9. The van der Waals surface area contributed by atoms with E-state index in [2.05, 4.69) is 40.2 Å². The van der Waals surface area contributed by atoms with Crippen LogP contribution in [0.2, 0.25) is 0 Å². The van der Waals surface area contributed by atoms with Gasteiger partial charge in [0.15, 0.2) is 0 Å². The Hall–Kier alpha value is -1.07. The van der Waals surface area contributed by atoms with Crippen LogP contribution in [0.15, 0.2) is 21.2 Å². The van der Waals surface area contributed by atoms with Crippen LogP contribution in [0.3, 0.4) is 0 Å². The SMILES string of the molecule is CCCNCc1occc1Cn1nc(C)c(Br)c1C. The highest BCUT2D eigenvalue weighted by Crippen LogP contribution is 2.21. The summed E-state index contributed by atoms with van der Waals surface area (Å²) in [5.41, 5.74) is 3.35. The summed E-state index contributed by atoms with van der Waals surface area (Å²) in [6.07, 6.45) is 2.87. The first-order chi connectivity index (χ1) is 9.13. The molecule has 0 unspecified atom stereocenters. The molecule has 0 radical (unpaired) electrons. The average Bonchev–Trinajstić information content (AvgIpc) is 2.92. The third-order valence-electron chi connectivity index (χ3n) is 3.16. The van der Waals surface area contributed by atoms with Crippen molar-refractivity contribution in [3.8, 4) is 0 Å². The molecule has 0 aliphatic carbocycles. The molecule has 0 aromatic carbocycles. The summed E-state index contributed by atoms with van der Waals surface area (Å²) >= 11 is 3.55. The monoisotopic (exact) mass is 325 g/mol. The molecule has 0 saturated carbocycles. The molecule has 0 amide bonds. The summed E-state index contributed by atoms with van der Waals surface area (Å²) in [6.45, 7) is 8.76. The Morgan fingerprint density at radius 2 is 2.21 bits per heavy atom. The molecule has 2 aromatic heterocycles. The zero-order valence-electron chi connectivity index (χ0n) is 11.7. The van der Waals surface area contributed by atoms with Gasteiger partial charge in [-0.05, 0) is 48.8 Å². The van der Waals surface area contributed by atoms with Crippen molar-refractivity contribution >= 4 is 15.9 Å². The summed E-state index contributed by atoms with van der Waals surface area (Å²) in [6, 6.07) is 2.02. The van der Waals surface area contributed by atoms with Gasteiger partial charge in [-0.3, -0.25) is 4.68 Å². The van der Waals surface area contributed by atoms with Gasteiger partial charge in [-0.2, -0.15) is 5.10 Å². The predicted molar refractivity (Wildman–Crippen MR) is 79.2 cm³/mol. The van der Waals surface area contributed by atoms with E-state index in [0.717, 1.165) is 47.7 Å². The molecule has 2 rings (SSSR count). The van der Waals surface area contributed by atoms with E-state index in [0.29, 0.717) is 0 Å². The van der Waals surface area contributed by atoms with Crippen LogP contribution in [0, 0.1) is 13.8 Å². The van der Waals surface area contributed by atoms with E-state index in [-0.39, 0.29) is 0 Å². The molecule has 5 heteroatoms. The summed E-state index contributed by atoms with van der Waals surface area (Å²) in [7, 11) is 0. The fourth-order valence-corrected chi connectivity index (χ4v) is 2.32. The first kappa shape index (κ1) is 14.3. The number of rotatable bonds is 6. The number of furan rings is 1. The van der Waals surface area contributed by atoms with Crippen LogP contribution < -0.4 is 5.32 Å². The van der Waals surface area contributed by atoms with Crippen LogP contribution in [0.5, 0.6) is 0 Å². The first-order valence-electron chi connectivity index (χ1n) is 6.59. The van der Waals surface area contributed by atoms with Crippen LogP contribution in [-0.4, -0.2) is 16.3 Å². The minimum atomic E-state index is 0.748. The zero-order valence-corrected chi connectivity index (χ0v) is 13.2. The molecule has 0 saturated heterocycles. The second-order valence-corrected chi connectivity index (χ2v) is 5.48. The van der Waals surface area contributed by atoms with Crippen molar-refractivity contribution in [2.75, 3.05) is 6.54 Å². The second kappa shape index (κ2) is 6.39. The van der Waals surface area contributed by atoms with Crippen molar-refractivity contribution in [2.45, 2.75) is 40.3 Å². The lowest BCUT2D eigenvalue weighted by molar-refractivity contribution is 0.474. The van der Waals surface area contributed by atoms with Gasteiger partial charge in [0, 0.05) is 5.56 Å². The number of aryl methyl sites for hydroxylation is 1. The highest BCUT2D eigenvalue weighted by molar-refractivity contribution is 9.10. The summed E-state index contributed by atoms with van der Waals surface area (Å²) < 4.78 is 8.64. The molecule has 2 heterocycles. The van der Waals surface area contributed by atoms with Crippen molar-refractivity contribution in [2.24, 2.45) is 0 Å². The molecular formula is C14H20BrN3O. The molecule has 0 fully saturated rings. The van der Waals surface area contributed by atoms with E-state index in [9.17, 15) is 0 Å². The molecule has 19 heavy (non-hydrogen) atoms. The van der Waals surface area contributed by atoms with Crippen molar-refractivity contribution in [1.29, 1.82) is 0 Å². The topological polar surface area (TPSA) is 43.0 Å². The van der Waals surface area contributed by atoms with Gasteiger partial charge in [-0.1, -0.05) is 6.92 Å². The fraction of sp³-hybridized carbons (Fsp3) is 0.500. The van der Waals surface area contributed by atoms with Crippen LogP contribution in [-0.2, 0) is 13.1 Å². The molecule has 1 N–H and O–H groups in total. The highest BCUT2D eigenvalue weighted by Gasteiger charge is 2.12. The third-order valence-corrected chi connectivity index (χ3v) is 4.31. The van der Waals surface area contributed by atoms with Crippen LogP contribution in [0.25, 0.3) is 0 Å². The Labute approximate surface area is 122 Å². The summed E-state index contributed by atoms with van der Waals surface area (Å²) in [5, 5.41) is 7.89. The maximum Gasteiger partial charge on any atom is 0.122 e. The van der Waals surface area contributed by atoms with Crippen molar-refractivity contribution in [3.05, 3.63) is 39.5 Å². The van der Waals surface area contributed by atoms with Gasteiger partial charge in [0.25, 0.3) is 0 Å². The van der Waals surface area contributed by atoms with Gasteiger partial charge >= 0.3 is 0 Å². The maximum atomic E-state index is 5.55. The molecule has 104 valence electrons. The maximum absolute atomic E-state index is 5.55. The smallest absolute Gasteiger partial charge is 0.122 e. The first-order valence-corrected chi connectivity index (χ1v) is 7.38. The van der Waals surface area contributed by atoms with Gasteiger partial charge < -0.3 is 9.73 Å². The fourth-order valence-electron chi connectivity index (χ4n) is 2.03. The zero-order chi connectivity index (χ0) is 13.8.